The smallest absolute Gasteiger partial charge is 0.410 e. The molecule has 0 spiro atoms. The topological polar surface area (TPSA) is 230 Å². The molecular weight excluding hydrogens is 917 g/mol. The van der Waals surface area contributed by atoms with Crippen LogP contribution in [0.2, 0.25) is 0 Å². The summed E-state index contributed by atoms with van der Waals surface area (Å²) in [4.78, 5) is 62.0. The Balaban J connectivity index is 0.000000269. The second-order valence-corrected chi connectivity index (χ2v) is 16.6. The van der Waals surface area contributed by atoms with Gasteiger partial charge in [-0.15, -0.1) is 12.8 Å². The minimum Gasteiger partial charge on any atom is -0.490 e. The van der Waals surface area contributed by atoms with Crippen molar-refractivity contribution in [3.8, 4) is 59.2 Å². The highest BCUT2D eigenvalue weighted by molar-refractivity contribution is 6.07. The van der Waals surface area contributed by atoms with Crippen molar-refractivity contribution < 1.29 is 67.3 Å². The number of para-hydroxylation sites is 2. The van der Waals surface area contributed by atoms with E-state index in [0.29, 0.717) is 65.9 Å². The summed E-state index contributed by atoms with van der Waals surface area (Å²) in [6.07, 6.45) is 16.8. The van der Waals surface area contributed by atoms with E-state index in [2.05, 4.69) is 27.8 Å². The summed E-state index contributed by atoms with van der Waals surface area (Å²) in [6, 6.07) is 19.0. The fourth-order valence-electron chi connectivity index (χ4n) is 7.09. The van der Waals surface area contributed by atoms with Crippen LogP contribution in [0.1, 0.15) is 65.5 Å². The molecule has 2 unspecified atom stereocenters. The predicted octanol–water partition coefficient (Wildman–Crippen LogP) is 7.24. The van der Waals surface area contributed by atoms with Gasteiger partial charge in [-0.3, -0.25) is 9.59 Å². The van der Waals surface area contributed by atoms with Gasteiger partial charge < -0.3 is 64.2 Å². The van der Waals surface area contributed by atoms with Gasteiger partial charge in [-0.25, -0.2) is 14.4 Å². The van der Waals surface area contributed by atoms with E-state index < -0.39 is 35.4 Å². The number of carbonyl (C=O) groups is 5. The summed E-state index contributed by atoms with van der Waals surface area (Å²) in [5, 5.41) is 27.0. The van der Waals surface area contributed by atoms with Crippen LogP contribution in [-0.2, 0) is 14.3 Å². The number of hydrogen-bond acceptors (Lipinski definition) is 13. The lowest BCUT2D eigenvalue weighted by Crippen LogP contribution is -2.36. The second kappa shape index (κ2) is 25.7. The third kappa shape index (κ3) is 15.4. The maximum atomic E-state index is 12.6. The van der Waals surface area contributed by atoms with E-state index in [-0.39, 0.29) is 53.7 Å². The Morgan fingerprint density at radius 3 is 1.61 bits per heavy atom. The number of terminal acetylenes is 2. The normalized spacial score (nSPS) is 15.1. The molecule has 2 atom stereocenters. The summed E-state index contributed by atoms with van der Waals surface area (Å²) in [5.41, 5.74) is 0.824. The zero-order valence-electron chi connectivity index (χ0n) is 39.9. The first kappa shape index (κ1) is 53.3. The fourth-order valence-corrected chi connectivity index (χ4v) is 7.09. The van der Waals surface area contributed by atoms with Gasteiger partial charge >= 0.3 is 18.0 Å². The number of benzene rings is 4. The van der Waals surface area contributed by atoms with Gasteiger partial charge in [0.05, 0.1) is 43.3 Å². The largest absolute Gasteiger partial charge is 0.490 e. The van der Waals surface area contributed by atoms with E-state index in [1.165, 1.54) is 56.7 Å². The lowest BCUT2D eigenvalue weighted by molar-refractivity contribution is -0.112. The van der Waals surface area contributed by atoms with Crippen molar-refractivity contribution in [3.63, 3.8) is 0 Å². The molecular formula is C53H56N4O14. The number of likely N-dealkylation sites (tertiary alicyclic amines) is 1. The van der Waals surface area contributed by atoms with Crippen LogP contribution in [-0.4, -0.2) is 116 Å². The van der Waals surface area contributed by atoms with Crippen LogP contribution in [0.25, 0.3) is 12.2 Å². The van der Waals surface area contributed by atoms with Crippen LogP contribution < -0.4 is 44.4 Å². The van der Waals surface area contributed by atoms with Crippen molar-refractivity contribution in [2.24, 2.45) is 0 Å². The number of nitrogens with one attached hydrogen (secondary N) is 3. The van der Waals surface area contributed by atoms with Crippen LogP contribution >= 0.6 is 0 Å². The minimum atomic E-state index is -1.16. The third-order valence-electron chi connectivity index (χ3n) is 10.3. The van der Waals surface area contributed by atoms with Crippen LogP contribution in [0.3, 0.4) is 0 Å². The molecule has 2 saturated heterocycles. The lowest BCUT2D eigenvalue weighted by atomic mass is 10.1. The highest BCUT2D eigenvalue weighted by Crippen LogP contribution is 2.43. The fraction of sp³-hybridized carbons (Fsp3) is 0.302. The maximum absolute atomic E-state index is 12.6. The van der Waals surface area contributed by atoms with Crippen LogP contribution in [0.15, 0.2) is 84.9 Å². The number of nitrogens with zero attached hydrogens (tertiary/aromatic N) is 1. The number of carbonyl (C=O) groups excluding carboxylic acids is 3. The lowest BCUT2D eigenvalue weighted by Gasteiger charge is -2.24. The summed E-state index contributed by atoms with van der Waals surface area (Å²) in [5.74, 6) is 3.68. The Morgan fingerprint density at radius 1 is 0.704 bits per heavy atom. The number of carboxylic acid groups (broad SMARTS) is 2. The van der Waals surface area contributed by atoms with Gasteiger partial charge in [-0.1, -0.05) is 36.1 Å². The van der Waals surface area contributed by atoms with E-state index in [1.54, 1.807) is 80.3 Å². The Morgan fingerprint density at radius 2 is 1.18 bits per heavy atom. The molecule has 2 heterocycles. The number of ether oxygens (including phenoxy) is 7. The predicted molar refractivity (Wildman–Crippen MR) is 266 cm³/mol. The molecule has 4 aromatic rings. The van der Waals surface area contributed by atoms with Crippen molar-refractivity contribution in [2.75, 3.05) is 64.2 Å². The SMILES string of the molecule is C#CCOc1ccc(/C=C/C(=O)Nc2ccccc2C(=O)O)c(OC2CCN(C(=O)OC(C)(C)C)C2)c1OC.C#CCOc1ccc(/C=C/C(=O)Nc2ccccc2C(=O)O)c(OC2CCNC2)c1OC. The first-order chi connectivity index (χ1) is 34.0. The number of methoxy groups -OCH3 is 2. The zero-order valence-corrected chi connectivity index (χ0v) is 39.9. The number of anilines is 2. The van der Waals surface area contributed by atoms with Gasteiger partial charge in [-0.2, -0.15) is 0 Å². The monoisotopic (exact) mass is 972 g/mol. The maximum Gasteiger partial charge on any atom is 0.410 e. The van der Waals surface area contributed by atoms with Crippen molar-refractivity contribution >= 4 is 53.4 Å². The molecule has 3 amide bonds. The molecule has 372 valence electrons. The van der Waals surface area contributed by atoms with Gasteiger partial charge in [0.2, 0.25) is 23.3 Å². The molecule has 4 aromatic carbocycles. The number of hydrogen-bond donors (Lipinski definition) is 5. The van der Waals surface area contributed by atoms with Gasteiger partial charge in [0.25, 0.3) is 0 Å². The Bertz CT molecular complexity index is 2710. The third-order valence-corrected chi connectivity index (χ3v) is 10.3. The summed E-state index contributed by atoms with van der Waals surface area (Å²) < 4.78 is 40.2. The molecule has 2 fully saturated rings. The number of carboxylic acids is 2. The average Bonchev–Trinajstić information content (AvgIpc) is 4.05. The molecule has 71 heavy (non-hydrogen) atoms. The van der Waals surface area contributed by atoms with E-state index in [0.717, 1.165) is 13.0 Å². The Labute approximate surface area is 411 Å². The second-order valence-electron chi connectivity index (χ2n) is 16.6. The summed E-state index contributed by atoms with van der Waals surface area (Å²) >= 11 is 0. The van der Waals surface area contributed by atoms with E-state index in [1.807, 2.05) is 0 Å². The molecule has 0 aliphatic carbocycles. The molecule has 0 bridgehead atoms. The molecule has 18 heteroatoms. The summed E-state index contributed by atoms with van der Waals surface area (Å²) in [6.45, 7) is 7.76. The minimum absolute atomic E-state index is 0.00342. The van der Waals surface area contributed by atoms with Crippen molar-refractivity contribution in [1.29, 1.82) is 0 Å². The molecule has 18 nitrogen and oxygen atoms in total. The molecule has 0 aromatic heterocycles. The van der Waals surface area contributed by atoms with Gasteiger partial charge in [-0.05, 0) is 94.4 Å². The molecule has 0 radical (unpaired) electrons. The number of amides is 3. The first-order valence-corrected chi connectivity index (χ1v) is 22.2. The number of rotatable bonds is 18. The van der Waals surface area contributed by atoms with E-state index >= 15 is 0 Å². The highest BCUT2D eigenvalue weighted by atomic mass is 16.6. The standard InChI is InChI=1S/C29H32N2O8.C24H24N2O6/c1-6-17-37-23-13-11-19(12-14-24(32)30-22-10-8-7-9-21(22)27(33)34)25(26(23)36-5)38-20-15-16-31(18-20)28(35)39-29(2,3)4;1-3-14-31-20-10-8-16(22(23(20)30-2)32-17-12-13-25-15-17)9-11-21(27)26-19-7-5-4-6-18(19)24(28)29/h1,7-14,20H,15-18H2,2-5H3,(H,30,32)(H,33,34);1,4-11,17,25H,12-15H2,2H3,(H,26,27)(H,28,29)/b14-12+;11-9+. The van der Waals surface area contributed by atoms with Crippen molar-refractivity contribution in [1.82, 2.24) is 10.2 Å². The van der Waals surface area contributed by atoms with Gasteiger partial charge in [0, 0.05) is 42.8 Å². The molecule has 6 rings (SSSR count). The average molecular weight is 973 g/mol. The van der Waals surface area contributed by atoms with Crippen LogP contribution in [0.5, 0.6) is 34.5 Å². The molecule has 2 aliphatic rings. The molecule has 5 N–H and O–H groups in total. The van der Waals surface area contributed by atoms with E-state index in [4.69, 9.17) is 46.0 Å². The number of aromatic carboxylic acids is 2. The Kier molecular flexibility index (Phi) is 19.3. The Hall–Kier alpha value is -8.61. The highest BCUT2D eigenvalue weighted by Gasteiger charge is 2.32. The zero-order chi connectivity index (χ0) is 51.5. The first-order valence-electron chi connectivity index (χ1n) is 22.2. The van der Waals surface area contributed by atoms with Crippen molar-refractivity contribution in [2.45, 2.75) is 51.4 Å². The van der Waals surface area contributed by atoms with Crippen LogP contribution in [0, 0.1) is 24.7 Å². The quantitative estimate of drug-likeness (QED) is 0.0489. The molecule has 0 saturated carbocycles. The van der Waals surface area contributed by atoms with Gasteiger partial charge in [0.15, 0.2) is 23.0 Å². The summed E-state index contributed by atoms with van der Waals surface area (Å²) in [7, 11) is 2.95. The molecule has 2 aliphatic heterocycles. The van der Waals surface area contributed by atoms with Gasteiger partial charge in [0.1, 0.15) is 31.0 Å². The van der Waals surface area contributed by atoms with Crippen molar-refractivity contribution in [3.05, 3.63) is 107 Å². The van der Waals surface area contributed by atoms with E-state index in [9.17, 15) is 34.2 Å². The van der Waals surface area contributed by atoms with Crippen LogP contribution in [0.4, 0.5) is 16.2 Å².